The number of benzene rings is 3. The Balaban J connectivity index is 1.58. The third-order valence-corrected chi connectivity index (χ3v) is 6.22. The lowest BCUT2D eigenvalue weighted by Gasteiger charge is -2.23. The Kier molecular flexibility index (Phi) is 6.38. The van der Waals surface area contributed by atoms with Crippen molar-refractivity contribution >= 4 is 33.6 Å². The number of anilines is 1. The van der Waals surface area contributed by atoms with E-state index in [0.717, 1.165) is 44.1 Å². The molecule has 3 aromatic carbocycles. The number of fused-ring (bicyclic) bond motifs is 2. The predicted molar refractivity (Wildman–Crippen MR) is 140 cm³/mol. The number of aromatic nitrogens is 3. The van der Waals surface area contributed by atoms with E-state index in [4.69, 9.17) is 9.72 Å². The van der Waals surface area contributed by atoms with Gasteiger partial charge in [0.15, 0.2) is 0 Å². The van der Waals surface area contributed by atoms with Crippen molar-refractivity contribution in [3.05, 3.63) is 89.9 Å². The van der Waals surface area contributed by atoms with E-state index in [9.17, 15) is 9.18 Å². The molecular weight excluding hydrogens is 455 g/mol. The first kappa shape index (κ1) is 23.5. The number of carbonyl (C=O) groups is 1. The SMILES string of the molecule is CC(Nc1nc2cc3[nH]ncc3cc2c(-c2ccc(F)cc2)c1C(C)C)C(=O)OCc1ccccc1. The summed E-state index contributed by atoms with van der Waals surface area (Å²) >= 11 is 0. The maximum absolute atomic E-state index is 13.8. The zero-order chi connectivity index (χ0) is 25.2. The second-order valence-corrected chi connectivity index (χ2v) is 9.20. The van der Waals surface area contributed by atoms with Gasteiger partial charge in [-0.2, -0.15) is 5.10 Å². The molecule has 5 rings (SSSR count). The van der Waals surface area contributed by atoms with Crippen LogP contribution in [0.4, 0.5) is 10.2 Å². The highest BCUT2D eigenvalue weighted by Gasteiger charge is 2.23. The highest BCUT2D eigenvalue weighted by atomic mass is 19.1. The van der Waals surface area contributed by atoms with E-state index < -0.39 is 6.04 Å². The molecule has 0 amide bonds. The van der Waals surface area contributed by atoms with Gasteiger partial charge in [0.1, 0.15) is 24.3 Å². The second kappa shape index (κ2) is 9.77. The molecule has 0 radical (unpaired) electrons. The number of hydrogen-bond acceptors (Lipinski definition) is 5. The van der Waals surface area contributed by atoms with Crippen LogP contribution in [-0.4, -0.2) is 27.2 Å². The Labute approximate surface area is 208 Å². The topological polar surface area (TPSA) is 79.9 Å². The number of nitrogens with one attached hydrogen (secondary N) is 2. The van der Waals surface area contributed by atoms with Crippen LogP contribution in [0.2, 0.25) is 0 Å². The highest BCUT2D eigenvalue weighted by Crippen LogP contribution is 2.40. The van der Waals surface area contributed by atoms with Gasteiger partial charge in [0, 0.05) is 16.3 Å². The Morgan fingerprint density at radius 3 is 2.53 bits per heavy atom. The average Bonchev–Trinajstić information content (AvgIpc) is 3.33. The molecule has 0 saturated heterocycles. The first-order valence-corrected chi connectivity index (χ1v) is 11.9. The van der Waals surface area contributed by atoms with Crippen LogP contribution in [0.3, 0.4) is 0 Å². The summed E-state index contributed by atoms with van der Waals surface area (Å²) in [6.07, 6.45) is 1.77. The number of ether oxygens (including phenoxy) is 1. The predicted octanol–water partition coefficient (Wildman–Crippen LogP) is 6.58. The smallest absolute Gasteiger partial charge is 0.328 e. The fourth-order valence-corrected chi connectivity index (χ4v) is 4.43. The van der Waals surface area contributed by atoms with Crippen LogP contribution in [0.15, 0.2) is 72.9 Å². The molecule has 7 heteroatoms. The molecule has 0 fully saturated rings. The Bertz CT molecular complexity index is 1530. The molecule has 2 heterocycles. The lowest BCUT2D eigenvalue weighted by Crippen LogP contribution is -2.29. The summed E-state index contributed by atoms with van der Waals surface area (Å²) in [5.74, 6) is -0.00624. The third kappa shape index (κ3) is 4.64. The first-order valence-electron chi connectivity index (χ1n) is 11.9. The van der Waals surface area contributed by atoms with Crippen LogP contribution in [0.5, 0.6) is 0 Å². The van der Waals surface area contributed by atoms with E-state index in [1.54, 1.807) is 25.3 Å². The van der Waals surface area contributed by atoms with Crippen LogP contribution in [0.1, 0.15) is 37.8 Å². The van der Waals surface area contributed by atoms with Gasteiger partial charge in [-0.1, -0.05) is 56.3 Å². The van der Waals surface area contributed by atoms with Gasteiger partial charge in [-0.3, -0.25) is 5.10 Å². The number of halogens is 1. The third-order valence-electron chi connectivity index (χ3n) is 6.22. The maximum atomic E-state index is 13.8. The molecule has 0 spiro atoms. The van der Waals surface area contributed by atoms with Gasteiger partial charge >= 0.3 is 5.97 Å². The number of aromatic amines is 1. The zero-order valence-corrected chi connectivity index (χ0v) is 20.4. The Hall–Kier alpha value is -4.26. The van der Waals surface area contributed by atoms with Crippen LogP contribution in [0.25, 0.3) is 32.9 Å². The summed E-state index contributed by atoms with van der Waals surface area (Å²) in [4.78, 5) is 17.8. The van der Waals surface area contributed by atoms with E-state index in [0.29, 0.717) is 5.82 Å². The van der Waals surface area contributed by atoms with Crippen LogP contribution in [0, 0.1) is 5.82 Å². The molecule has 0 bridgehead atoms. The van der Waals surface area contributed by atoms with E-state index in [1.807, 2.05) is 42.5 Å². The summed E-state index contributed by atoms with van der Waals surface area (Å²) in [6, 6.07) is 19.4. The number of rotatable bonds is 7. The average molecular weight is 483 g/mol. The molecule has 5 aromatic rings. The number of esters is 1. The van der Waals surface area contributed by atoms with Crippen LogP contribution < -0.4 is 5.32 Å². The van der Waals surface area contributed by atoms with Gasteiger partial charge in [-0.05, 0) is 53.8 Å². The Morgan fingerprint density at radius 2 is 1.81 bits per heavy atom. The number of carbonyl (C=O) groups excluding carboxylic acids is 1. The zero-order valence-electron chi connectivity index (χ0n) is 20.4. The number of hydrogen-bond donors (Lipinski definition) is 2. The van der Waals surface area contributed by atoms with Gasteiger partial charge in [0.05, 0.1) is 17.2 Å². The Morgan fingerprint density at radius 1 is 1.06 bits per heavy atom. The van der Waals surface area contributed by atoms with Gasteiger partial charge < -0.3 is 10.1 Å². The number of H-pyrrole nitrogens is 1. The minimum absolute atomic E-state index is 0.0667. The fraction of sp³-hybridized carbons (Fsp3) is 0.207. The molecule has 1 atom stereocenters. The largest absolute Gasteiger partial charge is 0.459 e. The monoisotopic (exact) mass is 482 g/mol. The molecule has 2 N–H and O–H groups in total. The molecule has 2 aromatic heterocycles. The molecule has 1 unspecified atom stereocenters. The highest BCUT2D eigenvalue weighted by molar-refractivity contribution is 6.05. The summed E-state index contributed by atoms with van der Waals surface area (Å²) in [6.45, 7) is 6.12. The second-order valence-electron chi connectivity index (χ2n) is 9.20. The summed E-state index contributed by atoms with van der Waals surface area (Å²) in [5.41, 5.74) is 5.29. The summed E-state index contributed by atoms with van der Waals surface area (Å²) in [5, 5.41) is 12.3. The molecule has 0 aliphatic rings. The lowest BCUT2D eigenvalue weighted by molar-refractivity contribution is -0.145. The molecule has 6 nitrogen and oxygen atoms in total. The maximum Gasteiger partial charge on any atom is 0.328 e. The molecule has 0 saturated carbocycles. The van der Waals surface area contributed by atoms with Gasteiger partial charge in [0.2, 0.25) is 0 Å². The molecule has 0 aliphatic heterocycles. The van der Waals surface area contributed by atoms with Crippen molar-refractivity contribution < 1.29 is 13.9 Å². The normalized spacial score (nSPS) is 12.2. The standard InChI is InChI=1S/C29H27FN4O2/c1-17(2)26-27(20-9-11-22(30)12-10-20)23-13-21-15-31-34-24(21)14-25(23)33-28(26)32-18(3)29(35)36-16-19-7-5-4-6-8-19/h4-15,17-18H,16H2,1-3H3,(H,31,34)(H,32,33). The van der Waals surface area contributed by atoms with Gasteiger partial charge in [-0.25, -0.2) is 14.2 Å². The van der Waals surface area contributed by atoms with Gasteiger partial charge in [0.25, 0.3) is 0 Å². The minimum Gasteiger partial charge on any atom is -0.459 e. The summed E-state index contributed by atoms with van der Waals surface area (Å²) < 4.78 is 19.3. The minimum atomic E-state index is -0.631. The van der Waals surface area contributed by atoms with E-state index in [1.165, 1.54) is 12.1 Å². The van der Waals surface area contributed by atoms with Crippen molar-refractivity contribution in [3.8, 4) is 11.1 Å². The van der Waals surface area contributed by atoms with Crippen molar-refractivity contribution in [1.29, 1.82) is 0 Å². The van der Waals surface area contributed by atoms with Crippen molar-refractivity contribution in [2.45, 2.75) is 39.3 Å². The molecule has 0 aliphatic carbocycles. The summed E-state index contributed by atoms with van der Waals surface area (Å²) in [7, 11) is 0. The van der Waals surface area contributed by atoms with E-state index in [2.05, 4.69) is 29.4 Å². The van der Waals surface area contributed by atoms with Crippen molar-refractivity contribution in [1.82, 2.24) is 15.2 Å². The molecule has 36 heavy (non-hydrogen) atoms. The van der Waals surface area contributed by atoms with Gasteiger partial charge in [-0.15, -0.1) is 0 Å². The van der Waals surface area contributed by atoms with Crippen molar-refractivity contribution in [2.75, 3.05) is 5.32 Å². The molecular formula is C29H27FN4O2. The fourth-order valence-electron chi connectivity index (χ4n) is 4.43. The first-order chi connectivity index (χ1) is 17.4. The quantitative estimate of drug-likeness (QED) is 0.256. The van der Waals surface area contributed by atoms with Crippen LogP contribution >= 0.6 is 0 Å². The van der Waals surface area contributed by atoms with E-state index in [-0.39, 0.29) is 24.3 Å². The van der Waals surface area contributed by atoms with E-state index >= 15 is 0 Å². The number of pyridine rings is 1. The molecule has 182 valence electrons. The van der Waals surface area contributed by atoms with Crippen molar-refractivity contribution in [2.24, 2.45) is 0 Å². The van der Waals surface area contributed by atoms with Crippen LogP contribution in [-0.2, 0) is 16.1 Å². The van der Waals surface area contributed by atoms with Crippen molar-refractivity contribution in [3.63, 3.8) is 0 Å². The number of nitrogens with zero attached hydrogens (tertiary/aromatic N) is 2. The lowest BCUT2D eigenvalue weighted by atomic mass is 9.89.